The topological polar surface area (TPSA) is 74.6 Å². The van der Waals surface area contributed by atoms with Crippen molar-refractivity contribution in [2.45, 2.75) is 63.2 Å². The Bertz CT molecular complexity index is 835. The molecule has 0 aliphatic rings. The van der Waals surface area contributed by atoms with Crippen molar-refractivity contribution in [1.82, 2.24) is 0 Å². The van der Waals surface area contributed by atoms with E-state index in [0.29, 0.717) is 11.1 Å². The SMILES string of the molecule is CC(C)(O)C(=O)c1cccc(CSCCCCSCc2cccc(C(=O)C(C)(C)O)c2)c1. The molecular formula is C26H34O4S2. The highest BCUT2D eigenvalue weighted by Gasteiger charge is 2.26. The van der Waals surface area contributed by atoms with Gasteiger partial charge in [-0.2, -0.15) is 23.5 Å². The van der Waals surface area contributed by atoms with Crippen molar-refractivity contribution >= 4 is 35.1 Å². The molecule has 2 aromatic carbocycles. The number of unbranched alkanes of at least 4 members (excludes halogenated alkanes) is 1. The zero-order chi connectivity index (χ0) is 23.8. The summed E-state index contributed by atoms with van der Waals surface area (Å²) in [5.41, 5.74) is 0.603. The molecule has 0 aliphatic carbocycles. The van der Waals surface area contributed by atoms with Crippen molar-refractivity contribution in [2.75, 3.05) is 11.5 Å². The van der Waals surface area contributed by atoms with E-state index in [9.17, 15) is 19.8 Å². The van der Waals surface area contributed by atoms with Crippen LogP contribution in [0.4, 0.5) is 0 Å². The normalized spacial score (nSPS) is 12.1. The third kappa shape index (κ3) is 8.74. The summed E-state index contributed by atoms with van der Waals surface area (Å²) in [6.45, 7) is 6.06. The summed E-state index contributed by atoms with van der Waals surface area (Å²) in [6, 6.07) is 15.0. The second kappa shape index (κ2) is 12.0. The Morgan fingerprint density at radius 2 is 1.09 bits per heavy atom. The Hall–Kier alpha value is -1.60. The Balaban J connectivity index is 1.66. The lowest BCUT2D eigenvalue weighted by atomic mass is 9.96. The van der Waals surface area contributed by atoms with Gasteiger partial charge in [-0.1, -0.05) is 36.4 Å². The lowest BCUT2D eigenvalue weighted by Gasteiger charge is -2.16. The fourth-order valence-electron chi connectivity index (χ4n) is 3.10. The quantitative estimate of drug-likeness (QED) is 0.293. The van der Waals surface area contributed by atoms with Crippen LogP contribution in [-0.2, 0) is 11.5 Å². The van der Waals surface area contributed by atoms with Crippen LogP contribution in [0.1, 0.15) is 72.4 Å². The van der Waals surface area contributed by atoms with E-state index in [1.54, 1.807) is 12.1 Å². The van der Waals surface area contributed by atoms with Crippen molar-refractivity contribution < 1.29 is 19.8 Å². The summed E-state index contributed by atoms with van der Waals surface area (Å²) in [5.74, 6) is 3.30. The van der Waals surface area contributed by atoms with Crippen LogP contribution in [-0.4, -0.2) is 44.5 Å². The first kappa shape index (κ1) is 26.7. The number of hydrogen-bond acceptors (Lipinski definition) is 6. The summed E-state index contributed by atoms with van der Waals surface area (Å²) in [4.78, 5) is 24.4. The van der Waals surface area contributed by atoms with E-state index in [-0.39, 0.29) is 11.6 Å². The molecule has 0 saturated carbocycles. The van der Waals surface area contributed by atoms with E-state index in [0.717, 1.165) is 47.0 Å². The van der Waals surface area contributed by atoms with Crippen molar-refractivity contribution in [3.05, 3.63) is 70.8 Å². The second-order valence-corrected chi connectivity index (χ2v) is 11.2. The molecule has 32 heavy (non-hydrogen) atoms. The Kier molecular flexibility index (Phi) is 10.0. The van der Waals surface area contributed by atoms with Gasteiger partial charge in [0.1, 0.15) is 11.2 Å². The third-order valence-corrected chi connectivity index (χ3v) is 7.08. The summed E-state index contributed by atoms with van der Waals surface area (Å²) in [6.07, 6.45) is 2.24. The molecule has 2 aromatic rings. The number of hydrogen-bond donors (Lipinski definition) is 2. The van der Waals surface area contributed by atoms with Crippen molar-refractivity contribution in [2.24, 2.45) is 0 Å². The number of aliphatic hydroxyl groups is 2. The van der Waals surface area contributed by atoms with Crippen LogP contribution in [0.25, 0.3) is 0 Å². The largest absolute Gasteiger partial charge is 0.382 e. The highest BCUT2D eigenvalue weighted by Crippen LogP contribution is 2.21. The second-order valence-electron chi connectivity index (χ2n) is 8.99. The number of ketones is 2. The molecule has 2 rings (SSSR count). The van der Waals surface area contributed by atoms with Gasteiger partial charge in [-0.05, 0) is 75.3 Å². The fourth-order valence-corrected chi connectivity index (χ4v) is 5.04. The minimum absolute atomic E-state index is 0.253. The van der Waals surface area contributed by atoms with Crippen LogP contribution in [0.5, 0.6) is 0 Å². The number of carbonyl (C=O) groups is 2. The zero-order valence-corrected chi connectivity index (χ0v) is 21.0. The van der Waals surface area contributed by atoms with Gasteiger partial charge in [0.25, 0.3) is 0 Å². The first-order valence-electron chi connectivity index (χ1n) is 10.9. The zero-order valence-electron chi connectivity index (χ0n) is 19.4. The molecule has 6 heteroatoms. The van der Waals surface area contributed by atoms with Gasteiger partial charge < -0.3 is 10.2 Å². The van der Waals surface area contributed by atoms with Crippen LogP contribution in [0.2, 0.25) is 0 Å². The number of Topliss-reactive ketones (excluding diaryl/α,β-unsaturated/α-hetero) is 2. The molecule has 0 aliphatic heterocycles. The molecule has 4 nitrogen and oxygen atoms in total. The maximum atomic E-state index is 12.2. The van der Waals surface area contributed by atoms with Crippen LogP contribution in [0.3, 0.4) is 0 Å². The molecule has 174 valence electrons. The standard InChI is InChI=1S/C26H34O4S2/c1-25(2,29)23(27)21-11-7-9-19(15-21)17-31-13-5-6-14-32-18-20-10-8-12-22(16-20)24(28)26(3,4)30/h7-12,15-16,29-30H,5-6,13-14,17-18H2,1-4H3. The van der Waals surface area contributed by atoms with E-state index < -0.39 is 11.2 Å². The molecule has 0 spiro atoms. The maximum absolute atomic E-state index is 12.2. The molecule has 0 heterocycles. The van der Waals surface area contributed by atoms with E-state index in [2.05, 4.69) is 0 Å². The number of carbonyl (C=O) groups excluding carboxylic acids is 2. The lowest BCUT2D eigenvalue weighted by Crippen LogP contribution is -2.31. The van der Waals surface area contributed by atoms with Crippen LogP contribution < -0.4 is 0 Å². The summed E-state index contributed by atoms with van der Waals surface area (Å²) >= 11 is 3.70. The average Bonchev–Trinajstić information content (AvgIpc) is 2.73. The lowest BCUT2D eigenvalue weighted by molar-refractivity contribution is 0.0487. The molecule has 0 unspecified atom stereocenters. The van der Waals surface area contributed by atoms with Crippen molar-refractivity contribution in [1.29, 1.82) is 0 Å². The van der Waals surface area contributed by atoms with E-state index in [4.69, 9.17) is 0 Å². The first-order chi connectivity index (χ1) is 15.0. The van der Waals surface area contributed by atoms with Crippen LogP contribution in [0.15, 0.2) is 48.5 Å². The van der Waals surface area contributed by atoms with E-state index in [1.165, 1.54) is 27.7 Å². The van der Waals surface area contributed by atoms with Crippen molar-refractivity contribution in [3.63, 3.8) is 0 Å². The molecule has 0 atom stereocenters. The molecule has 0 fully saturated rings. The minimum Gasteiger partial charge on any atom is -0.382 e. The third-order valence-electron chi connectivity index (χ3n) is 4.85. The van der Waals surface area contributed by atoms with Crippen LogP contribution in [0, 0.1) is 0 Å². The molecule has 0 amide bonds. The highest BCUT2D eigenvalue weighted by molar-refractivity contribution is 7.98. The summed E-state index contributed by atoms with van der Waals surface area (Å²) < 4.78 is 0. The van der Waals surface area contributed by atoms with Gasteiger partial charge in [-0.15, -0.1) is 0 Å². The van der Waals surface area contributed by atoms with Gasteiger partial charge in [0.05, 0.1) is 0 Å². The molecule has 0 saturated heterocycles. The van der Waals surface area contributed by atoms with E-state index in [1.807, 2.05) is 59.9 Å². The Morgan fingerprint density at radius 1 is 0.719 bits per heavy atom. The predicted molar refractivity (Wildman–Crippen MR) is 136 cm³/mol. The monoisotopic (exact) mass is 474 g/mol. The number of rotatable bonds is 13. The van der Waals surface area contributed by atoms with Gasteiger partial charge >= 0.3 is 0 Å². The highest BCUT2D eigenvalue weighted by atomic mass is 32.2. The van der Waals surface area contributed by atoms with Crippen LogP contribution >= 0.6 is 23.5 Å². The molecule has 0 aromatic heterocycles. The Morgan fingerprint density at radius 3 is 1.44 bits per heavy atom. The predicted octanol–water partition coefficient (Wildman–Crippen LogP) is 5.54. The maximum Gasteiger partial charge on any atom is 0.193 e. The fraction of sp³-hybridized carbons (Fsp3) is 0.462. The molecule has 0 bridgehead atoms. The van der Waals surface area contributed by atoms with Gasteiger partial charge in [-0.3, -0.25) is 9.59 Å². The average molecular weight is 475 g/mol. The number of thioether (sulfide) groups is 2. The van der Waals surface area contributed by atoms with Gasteiger partial charge in [0, 0.05) is 22.6 Å². The Labute approximate surface area is 200 Å². The first-order valence-corrected chi connectivity index (χ1v) is 13.2. The summed E-state index contributed by atoms with van der Waals surface area (Å²) in [5, 5.41) is 19.8. The number of benzene rings is 2. The van der Waals surface area contributed by atoms with E-state index >= 15 is 0 Å². The summed E-state index contributed by atoms with van der Waals surface area (Å²) in [7, 11) is 0. The molecule has 2 N–H and O–H groups in total. The van der Waals surface area contributed by atoms with Gasteiger partial charge in [0.15, 0.2) is 11.6 Å². The van der Waals surface area contributed by atoms with Gasteiger partial charge in [-0.25, -0.2) is 0 Å². The van der Waals surface area contributed by atoms with Crippen molar-refractivity contribution in [3.8, 4) is 0 Å². The van der Waals surface area contributed by atoms with Gasteiger partial charge in [0.2, 0.25) is 0 Å². The molecular weight excluding hydrogens is 440 g/mol. The smallest absolute Gasteiger partial charge is 0.193 e. The minimum atomic E-state index is -1.35. The molecule has 0 radical (unpaired) electrons.